The average molecular weight is 339 g/mol. The van der Waals surface area contributed by atoms with Gasteiger partial charge in [0.2, 0.25) is 0 Å². The SMILES string of the molecule is COCCOc1ccc(-c2ccc(-c3ccc(Cl)cc3)cc2)cc1. The summed E-state index contributed by atoms with van der Waals surface area (Å²) < 4.78 is 10.6. The van der Waals surface area contributed by atoms with Crippen LogP contribution in [-0.2, 0) is 4.74 Å². The molecule has 0 atom stereocenters. The maximum absolute atomic E-state index is 5.94. The summed E-state index contributed by atoms with van der Waals surface area (Å²) in [4.78, 5) is 0. The van der Waals surface area contributed by atoms with Gasteiger partial charge >= 0.3 is 0 Å². The minimum absolute atomic E-state index is 0.561. The number of hydrogen-bond acceptors (Lipinski definition) is 2. The third-order valence-electron chi connectivity index (χ3n) is 3.81. The van der Waals surface area contributed by atoms with Gasteiger partial charge in [0.15, 0.2) is 0 Å². The van der Waals surface area contributed by atoms with Crippen molar-refractivity contribution in [3.63, 3.8) is 0 Å². The maximum atomic E-state index is 5.94. The quantitative estimate of drug-likeness (QED) is 0.537. The van der Waals surface area contributed by atoms with E-state index in [0.29, 0.717) is 13.2 Å². The number of ether oxygens (including phenoxy) is 2. The van der Waals surface area contributed by atoms with Crippen LogP contribution in [0.4, 0.5) is 0 Å². The Labute approximate surface area is 147 Å². The molecule has 3 aromatic carbocycles. The first-order valence-electron chi connectivity index (χ1n) is 7.84. The van der Waals surface area contributed by atoms with Gasteiger partial charge in [-0.05, 0) is 46.5 Å². The van der Waals surface area contributed by atoms with E-state index in [4.69, 9.17) is 21.1 Å². The molecule has 0 bridgehead atoms. The van der Waals surface area contributed by atoms with Gasteiger partial charge in [-0.1, -0.05) is 60.1 Å². The fourth-order valence-corrected chi connectivity index (χ4v) is 2.61. The van der Waals surface area contributed by atoms with Gasteiger partial charge in [0.25, 0.3) is 0 Å². The van der Waals surface area contributed by atoms with E-state index in [2.05, 4.69) is 36.4 Å². The molecule has 0 fully saturated rings. The van der Waals surface area contributed by atoms with Crippen molar-refractivity contribution in [1.82, 2.24) is 0 Å². The van der Waals surface area contributed by atoms with E-state index >= 15 is 0 Å². The van der Waals surface area contributed by atoms with E-state index in [0.717, 1.165) is 21.9 Å². The highest BCUT2D eigenvalue weighted by molar-refractivity contribution is 6.30. The average Bonchev–Trinajstić information content (AvgIpc) is 2.63. The van der Waals surface area contributed by atoms with Crippen molar-refractivity contribution < 1.29 is 9.47 Å². The Bertz CT molecular complexity index is 762. The summed E-state index contributed by atoms with van der Waals surface area (Å²) in [6.07, 6.45) is 0. The summed E-state index contributed by atoms with van der Waals surface area (Å²) in [5.41, 5.74) is 4.68. The Kier molecular flexibility index (Phi) is 5.52. The van der Waals surface area contributed by atoms with Crippen molar-refractivity contribution in [2.24, 2.45) is 0 Å². The molecule has 2 nitrogen and oxygen atoms in total. The van der Waals surface area contributed by atoms with E-state index < -0.39 is 0 Å². The van der Waals surface area contributed by atoms with Gasteiger partial charge in [-0.15, -0.1) is 0 Å². The molecule has 3 aromatic rings. The van der Waals surface area contributed by atoms with Crippen molar-refractivity contribution in [1.29, 1.82) is 0 Å². The Balaban J connectivity index is 1.72. The second kappa shape index (κ2) is 8.00. The standard InChI is InChI=1S/C21H19ClO2/c1-23-14-15-24-21-12-8-19(9-13-21)17-4-2-16(3-5-17)18-6-10-20(22)11-7-18/h2-13H,14-15H2,1H3. The van der Waals surface area contributed by atoms with Crippen LogP contribution >= 0.6 is 11.6 Å². The van der Waals surface area contributed by atoms with Crippen LogP contribution in [0.25, 0.3) is 22.3 Å². The van der Waals surface area contributed by atoms with Crippen molar-refractivity contribution in [2.75, 3.05) is 20.3 Å². The summed E-state index contributed by atoms with van der Waals surface area (Å²) in [7, 11) is 1.67. The predicted molar refractivity (Wildman–Crippen MR) is 99.7 cm³/mol. The molecule has 0 spiro atoms. The summed E-state index contributed by atoms with van der Waals surface area (Å²) in [5.74, 6) is 0.855. The van der Waals surface area contributed by atoms with Crippen molar-refractivity contribution in [2.45, 2.75) is 0 Å². The third-order valence-corrected chi connectivity index (χ3v) is 4.06. The first-order chi connectivity index (χ1) is 11.8. The highest BCUT2D eigenvalue weighted by atomic mass is 35.5. The molecule has 0 aliphatic rings. The van der Waals surface area contributed by atoms with Crippen molar-refractivity contribution in [3.05, 3.63) is 77.8 Å². The molecule has 122 valence electrons. The zero-order valence-corrected chi connectivity index (χ0v) is 14.3. The van der Waals surface area contributed by atoms with Gasteiger partial charge in [0.05, 0.1) is 6.61 Å². The monoisotopic (exact) mass is 338 g/mol. The zero-order valence-electron chi connectivity index (χ0n) is 13.5. The van der Waals surface area contributed by atoms with E-state index in [1.54, 1.807) is 7.11 Å². The predicted octanol–water partition coefficient (Wildman–Crippen LogP) is 5.70. The lowest BCUT2D eigenvalue weighted by Gasteiger charge is -2.08. The van der Waals surface area contributed by atoms with Crippen molar-refractivity contribution >= 4 is 11.6 Å². The highest BCUT2D eigenvalue weighted by Crippen LogP contribution is 2.27. The topological polar surface area (TPSA) is 18.5 Å². The lowest BCUT2D eigenvalue weighted by Crippen LogP contribution is -2.03. The molecule has 24 heavy (non-hydrogen) atoms. The molecule has 0 N–H and O–H groups in total. The Morgan fingerprint density at radius 1 is 0.625 bits per heavy atom. The first kappa shape index (κ1) is 16.6. The Hall–Kier alpha value is -2.29. The number of halogens is 1. The van der Waals surface area contributed by atoms with Gasteiger partial charge < -0.3 is 9.47 Å². The number of benzene rings is 3. The molecule has 0 unspecified atom stereocenters. The molecular formula is C21H19ClO2. The Morgan fingerprint density at radius 2 is 1.04 bits per heavy atom. The lowest BCUT2D eigenvalue weighted by molar-refractivity contribution is 0.146. The van der Waals surface area contributed by atoms with E-state index in [1.165, 1.54) is 11.1 Å². The molecule has 0 heterocycles. The largest absolute Gasteiger partial charge is 0.491 e. The van der Waals surface area contributed by atoms with Gasteiger partial charge in [0, 0.05) is 12.1 Å². The molecule has 0 amide bonds. The van der Waals surface area contributed by atoms with E-state index in [1.807, 2.05) is 36.4 Å². The van der Waals surface area contributed by atoms with Crippen LogP contribution in [0.1, 0.15) is 0 Å². The molecule has 0 radical (unpaired) electrons. The van der Waals surface area contributed by atoms with E-state index in [-0.39, 0.29) is 0 Å². The molecule has 0 aromatic heterocycles. The lowest BCUT2D eigenvalue weighted by atomic mass is 10.0. The molecule has 3 rings (SSSR count). The zero-order chi connectivity index (χ0) is 16.8. The maximum Gasteiger partial charge on any atom is 0.119 e. The van der Waals surface area contributed by atoms with Gasteiger partial charge in [-0.2, -0.15) is 0 Å². The van der Waals surface area contributed by atoms with Gasteiger partial charge in [-0.3, -0.25) is 0 Å². The number of hydrogen-bond donors (Lipinski definition) is 0. The normalized spacial score (nSPS) is 10.6. The van der Waals surface area contributed by atoms with Crippen LogP contribution in [-0.4, -0.2) is 20.3 Å². The number of rotatable bonds is 6. The van der Waals surface area contributed by atoms with Crippen LogP contribution in [0.5, 0.6) is 5.75 Å². The third kappa shape index (κ3) is 4.16. The van der Waals surface area contributed by atoms with E-state index in [9.17, 15) is 0 Å². The minimum Gasteiger partial charge on any atom is -0.491 e. The second-order valence-corrected chi connectivity index (χ2v) is 5.89. The first-order valence-corrected chi connectivity index (χ1v) is 8.22. The number of methoxy groups -OCH3 is 1. The highest BCUT2D eigenvalue weighted by Gasteiger charge is 2.01. The Morgan fingerprint density at radius 3 is 1.50 bits per heavy atom. The second-order valence-electron chi connectivity index (χ2n) is 5.45. The van der Waals surface area contributed by atoms with Gasteiger partial charge in [0.1, 0.15) is 12.4 Å². The van der Waals surface area contributed by atoms with Gasteiger partial charge in [-0.25, -0.2) is 0 Å². The smallest absolute Gasteiger partial charge is 0.119 e. The molecule has 0 aliphatic heterocycles. The van der Waals surface area contributed by atoms with Crippen LogP contribution < -0.4 is 4.74 Å². The van der Waals surface area contributed by atoms with Crippen LogP contribution in [0.2, 0.25) is 5.02 Å². The van der Waals surface area contributed by atoms with Crippen LogP contribution in [0.3, 0.4) is 0 Å². The summed E-state index contributed by atoms with van der Waals surface area (Å²) in [5, 5.41) is 0.753. The molecule has 0 saturated heterocycles. The van der Waals surface area contributed by atoms with Crippen LogP contribution in [0.15, 0.2) is 72.8 Å². The van der Waals surface area contributed by atoms with Crippen molar-refractivity contribution in [3.8, 4) is 28.0 Å². The molecule has 0 aliphatic carbocycles. The minimum atomic E-state index is 0.561. The summed E-state index contributed by atoms with van der Waals surface area (Å²) in [6, 6.07) is 24.5. The summed E-state index contributed by atoms with van der Waals surface area (Å²) in [6.45, 7) is 1.15. The molecular weight excluding hydrogens is 320 g/mol. The van der Waals surface area contributed by atoms with Crippen LogP contribution in [0, 0.1) is 0 Å². The fraction of sp³-hybridized carbons (Fsp3) is 0.143. The molecule has 3 heteroatoms. The summed E-state index contributed by atoms with van der Waals surface area (Å²) >= 11 is 5.94. The molecule has 0 saturated carbocycles. The fourth-order valence-electron chi connectivity index (χ4n) is 2.48.